The highest BCUT2D eigenvalue weighted by atomic mass is 16.7. The molecule has 7 nitrogen and oxygen atoms in total. The fourth-order valence-electron chi connectivity index (χ4n) is 4.88. The summed E-state index contributed by atoms with van der Waals surface area (Å²) in [6.07, 6.45) is 0.441. The topological polar surface area (TPSA) is 123 Å². The first-order chi connectivity index (χ1) is 13.9. The number of fused-ring (bicyclic) bond motifs is 2. The van der Waals surface area contributed by atoms with Gasteiger partial charge in [-0.15, -0.1) is 0 Å². The van der Waals surface area contributed by atoms with Crippen molar-refractivity contribution in [3.63, 3.8) is 0 Å². The molecule has 4 unspecified atom stereocenters. The van der Waals surface area contributed by atoms with E-state index in [0.717, 1.165) is 0 Å². The summed E-state index contributed by atoms with van der Waals surface area (Å²) in [6.45, 7) is 5.63. The number of ether oxygens (including phenoxy) is 3. The molecule has 0 aromatic heterocycles. The zero-order valence-corrected chi connectivity index (χ0v) is 17.0. The summed E-state index contributed by atoms with van der Waals surface area (Å²) in [5.74, 6) is -2.07. The maximum absolute atomic E-state index is 10.2. The normalized spacial score (nSPS) is 32.0. The minimum atomic E-state index is -1.85. The van der Waals surface area contributed by atoms with Crippen molar-refractivity contribution in [1.82, 2.24) is 0 Å². The summed E-state index contributed by atoms with van der Waals surface area (Å²) >= 11 is 0. The molecule has 29 heavy (non-hydrogen) atoms. The van der Waals surface area contributed by atoms with Crippen molar-refractivity contribution in [1.29, 1.82) is 21.2 Å². The largest absolute Gasteiger partial charge is 0.497 e. The van der Waals surface area contributed by atoms with E-state index in [2.05, 4.69) is 18.2 Å². The van der Waals surface area contributed by atoms with Gasteiger partial charge in [-0.25, -0.2) is 0 Å². The highest BCUT2D eigenvalue weighted by Gasteiger charge is 2.80. The molecule has 2 heterocycles. The van der Waals surface area contributed by atoms with Crippen molar-refractivity contribution in [2.75, 3.05) is 7.11 Å². The molecule has 0 spiro atoms. The van der Waals surface area contributed by atoms with Gasteiger partial charge in [0.25, 0.3) is 0 Å². The predicted molar refractivity (Wildman–Crippen MR) is 103 cm³/mol. The molecule has 150 valence electrons. The Balaban J connectivity index is 2.30. The van der Waals surface area contributed by atoms with Crippen LogP contribution in [0.1, 0.15) is 39.2 Å². The second-order valence-corrected chi connectivity index (χ2v) is 7.62. The van der Waals surface area contributed by atoms with Crippen molar-refractivity contribution in [2.24, 2.45) is 22.7 Å². The Bertz CT molecular complexity index is 921. The van der Waals surface area contributed by atoms with Crippen LogP contribution in [-0.2, 0) is 15.3 Å². The minimum absolute atomic E-state index is 0.151. The van der Waals surface area contributed by atoms with Crippen molar-refractivity contribution < 1.29 is 14.2 Å². The van der Waals surface area contributed by atoms with Gasteiger partial charge in [-0.1, -0.05) is 33.6 Å². The average Bonchev–Trinajstić information content (AvgIpc) is 2.91. The first-order valence-electron chi connectivity index (χ1n) is 9.71. The molecule has 3 rings (SSSR count). The maximum atomic E-state index is 10.2. The number of nitrogens with zero attached hydrogens (tertiary/aromatic N) is 3. The van der Waals surface area contributed by atoms with Gasteiger partial charge in [0.2, 0.25) is 11.7 Å². The quantitative estimate of drug-likeness (QED) is 0.811. The van der Waals surface area contributed by atoms with Crippen LogP contribution in [0.5, 0.6) is 5.75 Å². The van der Waals surface area contributed by atoms with Crippen LogP contribution in [0.2, 0.25) is 0 Å². The number of methoxy groups -OCH3 is 1. The SMILES string of the molecule is CCC(CC)C1OC2(c3ccc(OC)cc3)OC(=N)C(C#N)(C2C)C1(C#N)C#N. The van der Waals surface area contributed by atoms with E-state index in [9.17, 15) is 15.8 Å². The van der Waals surface area contributed by atoms with E-state index in [1.54, 1.807) is 38.3 Å². The van der Waals surface area contributed by atoms with Crippen LogP contribution in [0, 0.1) is 62.1 Å². The molecule has 1 N–H and O–H groups in total. The molecule has 2 aliphatic heterocycles. The molecule has 7 heteroatoms. The Kier molecular flexibility index (Phi) is 5.03. The third kappa shape index (κ3) is 2.33. The van der Waals surface area contributed by atoms with Crippen LogP contribution < -0.4 is 4.74 Å². The first-order valence-corrected chi connectivity index (χ1v) is 9.71. The third-order valence-corrected chi connectivity index (χ3v) is 6.68. The number of rotatable bonds is 5. The van der Waals surface area contributed by atoms with E-state index in [1.807, 2.05) is 13.8 Å². The summed E-state index contributed by atoms with van der Waals surface area (Å²) in [5, 5.41) is 39.1. The number of hydrogen-bond acceptors (Lipinski definition) is 7. The zero-order valence-electron chi connectivity index (χ0n) is 17.0. The summed E-state index contributed by atoms with van der Waals surface area (Å²) in [7, 11) is 1.56. The second kappa shape index (κ2) is 7.07. The van der Waals surface area contributed by atoms with Gasteiger partial charge in [-0.05, 0) is 30.2 Å². The van der Waals surface area contributed by atoms with E-state index in [1.165, 1.54) is 0 Å². The zero-order chi connectivity index (χ0) is 21.4. The van der Waals surface area contributed by atoms with Gasteiger partial charge >= 0.3 is 0 Å². The lowest BCUT2D eigenvalue weighted by molar-refractivity contribution is -0.296. The number of benzene rings is 1. The Labute approximate surface area is 170 Å². The minimum Gasteiger partial charge on any atom is -0.497 e. The van der Waals surface area contributed by atoms with Crippen molar-refractivity contribution in [3.05, 3.63) is 29.8 Å². The van der Waals surface area contributed by atoms with Crippen molar-refractivity contribution >= 4 is 5.90 Å². The van der Waals surface area contributed by atoms with Gasteiger partial charge in [0.05, 0.1) is 37.3 Å². The van der Waals surface area contributed by atoms with Gasteiger partial charge in [0.15, 0.2) is 10.8 Å². The third-order valence-electron chi connectivity index (χ3n) is 6.68. The fraction of sp³-hybridized carbons (Fsp3) is 0.545. The van der Waals surface area contributed by atoms with E-state index < -0.39 is 28.6 Å². The van der Waals surface area contributed by atoms with E-state index in [4.69, 9.17) is 19.6 Å². The van der Waals surface area contributed by atoms with Gasteiger partial charge in [-0.2, -0.15) is 15.8 Å². The lowest BCUT2D eigenvalue weighted by Gasteiger charge is -2.50. The summed E-state index contributed by atoms with van der Waals surface area (Å²) in [4.78, 5) is 0. The number of nitrogens with one attached hydrogen (secondary N) is 1. The highest BCUT2D eigenvalue weighted by molar-refractivity contribution is 5.89. The standard InChI is InChI=1S/C22H24N4O3/c1-5-15(6-2)18-20(11-23,12-24)21(13-25)14(3)22(28-18,29-19(21)26)16-7-9-17(27-4)10-8-16/h7-10,14-15,18,26H,5-6H2,1-4H3. The summed E-state index contributed by atoms with van der Waals surface area (Å²) in [5.41, 5.74) is -2.96. The lowest BCUT2D eigenvalue weighted by Crippen LogP contribution is -2.62. The monoisotopic (exact) mass is 392 g/mol. The van der Waals surface area contributed by atoms with Gasteiger partial charge < -0.3 is 14.2 Å². The first kappa shape index (κ1) is 20.6. The average molecular weight is 392 g/mol. The Morgan fingerprint density at radius 1 is 1.10 bits per heavy atom. The summed E-state index contributed by atoms with van der Waals surface area (Å²) < 4.78 is 17.7. The number of nitriles is 3. The summed E-state index contributed by atoms with van der Waals surface area (Å²) in [6, 6.07) is 13.4. The molecule has 0 saturated carbocycles. The molecule has 0 amide bonds. The molecule has 2 fully saturated rings. The van der Waals surface area contributed by atoms with Crippen LogP contribution in [0.4, 0.5) is 0 Å². The van der Waals surface area contributed by atoms with Gasteiger partial charge in [0, 0.05) is 5.56 Å². The molecule has 2 bridgehead atoms. The van der Waals surface area contributed by atoms with E-state index in [-0.39, 0.29) is 11.8 Å². The smallest absolute Gasteiger partial charge is 0.243 e. The predicted octanol–water partition coefficient (Wildman–Crippen LogP) is 3.87. The van der Waals surface area contributed by atoms with Gasteiger partial charge in [0.1, 0.15) is 5.75 Å². The van der Waals surface area contributed by atoms with Crippen molar-refractivity contribution in [3.8, 4) is 24.0 Å². The molecular weight excluding hydrogens is 368 g/mol. The molecular formula is C22H24N4O3. The fourth-order valence-corrected chi connectivity index (χ4v) is 4.88. The lowest BCUT2D eigenvalue weighted by atomic mass is 9.52. The highest BCUT2D eigenvalue weighted by Crippen LogP contribution is 2.66. The van der Waals surface area contributed by atoms with Crippen LogP contribution in [0.15, 0.2) is 24.3 Å². The second-order valence-electron chi connectivity index (χ2n) is 7.62. The maximum Gasteiger partial charge on any atom is 0.243 e. The van der Waals surface area contributed by atoms with Crippen LogP contribution >= 0.6 is 0 Å². The van der Waals surface area contributed by atoms with Gasteiger partial charge in [-0.3, -0.25) is 5.41 Å². The molecule has 4 atom stereocenters. The molecule has 2 aliphatic rings. The molecule has 2 saturated heterocycles. The molecule has 0 aliphatic carbocycles. The Morgan fingerprint density at radius 2 is 1.69 bits per heavy atom. The number of hydrogen-bond donors (Lipinski definition) is 1. The molecule has 1 aromatic carbocycles. The van der Waals surface area contributed by atoms with Crippen LogP contribution in [0.25, 0.3) is 0 Å². The van der Waals surface area contributed by atoms with Crippen molar-refractivity contribution in [2.45, 2.75) is 45.5 Å². The Hall–Kier alpha value is -3.08. The molecule has 0 radical (unpaired) electrons. The van der Waals surface area contributed by atoms with E-state index in [0.29, 0.717) is 24.2 Å². The Morgan fingerprint density at radius 3 is 2.14 bits per heavy atom. The molecule has 1 aromatic rings. The van der Waals surface area contributed by atoms with Crippen LogP contribution in [-0.4, -0.2) is 19.1 Å². The van der Waals surface area contributed by atoms with E-state index >= 15 is 0 Å². The van der Waals surface area contributed by atoms with Crippen LogP contribution in [0.3, 0.4) is 0 Å².